The number of amides is 3. The number of hydrogen-bond acceptors (Lipinski definition) is 4. The Bertz CT molecular complexity index is 890. The van der Waals surface area contributed by atoms with E-state index in [9.17, 15) is 18.0 Å². The second kappa shape index (κ2) is 6.56. The zero-order chi connectivity index (χ0) is 18.0. The van der Waals surface area contributed by atoms with Crippen molar-refractivity contribution in [3.63, 3.8) is 0 Å². The molecule has 0 radical (unpaired) electrons. The van der Waals surface area contributed by atoms with Crippen LogP contribution in [0.15, 0.2) is 53.4 Å². The fourth-order valence-corrected chi connectivity index (χ4v) is 3.47. The highest BCUT2D eigenvalue weighted by molar-refractivity contribution is 7.92. The molecule has 1 saturated heterocycles. The number of urea groups is 1. The van der Waals surface area contributed by atoms with Crippen LogP contribution >= 0.6 is 0 Å². The highest BCUT2D eigenvalue weighted by Gasteiger charge is 2.28. The van der Waals surface area contributed by atoms with E-state index in [4.69, 9.17) is 0 Å². The Balaban J connectivity index is 1.71. The van der Waals surface area contributed by atoms with Crippen LogP contribution in [-0.4, -0.2) is 31.8 Å². The minimum Gasteiger partial charge on any atom is -0.329 e. The fourth-order valence-electron chi connectivity index (χ4n) is 2.41. The Morgan fingerprint density at radius 3 is 2.24 bits per heavy atom. The zero-order valence-electron chi connectivity index (χ0n) is 13.5. The van der Waals surface area contributed by atoms with Crippen LogP contribution < -0.4 is 10.0 Å². The minimum atomic E-state index is -3.66. The number of imide groups is 1. The van der Waals surface area contributed by atoms with Gasteiger partial charge in [-0.3, -0.25) is 14.4 Å². The summed E-state index contributed by atoms with van der Waals surface area (Å²) in [5.74, 6) is -0.283. The normalized spacial score (nSPS) is 14.5. The average Bonchev–Trinajstić information content (AvgIpc) is 2.89. The summed E-state index contributed by atoms with van der Waals surface area (Å²) in [6, 6.07) is 12.7. The van der Waals surface area contributed by atoms with E-state index < -0.39 is 16.1 Å². The molecule has 7 nitrogen and oxygen atoms in total. The molecule has 0 bridgehead atoms. The van der Waals surface area contributed by atoms with E-state index in [1.807, 2.05) is 6.92 Å². The van der Waals surface area contributed by atoms with Crippen LogP contribution in [0.4, 0.5) is 10.5 Å². The average molecular weight is 359 g/mol. The van der Waals surface area contributed by atoms with Gasteiger partial charge in [0.15, 0.2) is 0 Å². The van der Waals surface area contributed by atoms with Gasteiger partial charge in [0.05, 0.1) is 18.0 Å². The molecule has 0 unspecified atom stereocenters. The quantitative estimate of drug-likeness (QED) is 0.797. The van der Waals surface area contributed by atoms with Crippen LogP contribution in [0.1, 0.15) is 11.1 Å². The predicted molar refractivity (Wildman–Crippen MR) is 92.4 cm³/mol. The molecule has 130 valence electrons. The third kappa shape index (κ3) is 3.80. The lowest BCUT2D eigenvalue weighted by Gasteiger charge is -2.13. The molecule has 1 aliphatic rings. The lowest BCUT2D eigenvalue weighted by Crippen LogP contribution is -2.30. The summed E-state index contributed by atoms with van der Waals surface area (Å²) in [5.41, 5.74) is 2.11. The van der Waals surface area contributed by atoms with Crippen molar-refractivity contribution in [2.45, 2.75) is 18.4 Å². The maximum atomic E-state index is 12.3. The van der Waals surface area contributed by atoms with Crippen LogP contribution in [0.2, 0.25) is 0 Å². The van der Waals surface area contributed by atoms with E-state index in [-0.39, 0.29) is 23.9 Å². The predicted octanol–water partition coefficient (Wildman–Crippen LogP) is 1.85. The number of hydrogen-bond donors (Lipinski definition) is 2. The molecular weight excluding hydrogens is 342 g/mol. The smallest absolute Gasteiger partial charge is 0.324 e. The van der Waals surface area contributed by atoms with Crippen molar-refractivity contribution in [1.29, 1.82) is 0 Å². The van der Waals surface area contributed by atoms with Gasteiger partial charge in [-0.25, -0.2) is 13.2 Å². The van der Waals surface area contributed by atoms with Gasteiger partial charge in [-0.1, -0.05) is 29.8 Å². The van der Waals surface area contributed by atoms with Crippen molar-refractivity contribution in [3.8, 4) is 0 Å². The van der Waals surface area contributed by atoms with Crippen molar-refractivity contribution in [2.75, 3.05) is 11.3 Å². The molecule has 0 saturated carbocycles. The summed E-state index contributed by atoms with van der Waals surface area (Å²) < 4.78 is 27.2. The zero-order valence-corrected chi connectivity index (χ0v) is 14.3. The van der Waals surface area contributed by atoms with E-state index in [0.717, 1.165) is 16.0 Å². The van der Waals surface area contributed by atoms with E-state index in [1.165, 1.54) is 0 Å². The van der Waals surface area contributed by atoms with Crippen LogP contribution in [0.5, 0.6) is 0 Å². The lowest BCUT2D eigenvalue weighted by molar-refractivity contribution is -0.125. The number of carbonyl (C=O) groups is 2. The van der Waals surface area contributed by atoms with Gasteiger partial charge >= 0.3 is 6.03 Å². The monoisotopic (exact) mass is 359 g/mol. The maximum Gasteiger partial charge on any atom is 0.324 e. The second-order valence-electron chi connectivity index (χ2n) is 5.75. The van der Waals surface area contributed by atoms with Gasteiger partial charge < -0.3 is 5.32 Å². The third-order valence-corrected chi connectivity index (χ3v) is 5.21. The molecule has 1 aliphatic heterocycles. The Kier molecular flexibility index (Phi) is 4.45. The Morgan fingerprint density at radius 2 is 1.68 bits per heavy atom. The SMILES string of the molecule is Cc1ccc(S(=O)(=O)Nc2ccc(CN3C(=O)CNC3=O)cc2)cc1. The first kappa shape index (κ1) is 17.0. The van der Waals surface area contributed by atoms with E-state index in [0.29, 0.717) is 5.69 Å². The van der Waals surface area contributed by atoms with Gasteiger partial charge in [0, 0.05) is 5.69 Å². The molecule has 2 aromatic rings. The van der Waals surface area contributed by atoms with Crippen molar-refractivity contribution < 1.29 is 18.0 Å². The fraction of sp³-hybridized carbons (Fsp3) is 0.176. The number of sulfonamides is 1. The summed E-state index contributed by atoms with van der Waals surface area (Å²) in [6.07, 6.45) is 0. The number of aryl methyl sites for hydroxylation is 1. The van der Waals surface area contributed by atoms with Crippen molar-refractivity contribution in [3.05, 3.63) is 59.7 Å². The largest absolute Gasteiger partial charge is 0.329 e. The van der Waals surface area contributed by atoms with Crippen molar-refractivity contribution in [2.24, 2.45) is 0 Å². The number of nitrogens with zero attached hydrogens (tertiary/aromatic N) is 1. The van der Waals surface area contributed by atoms with Crippen molar-refractivity contribution in [1.82, 2.24) is 10.2 Å². The van der Waals surface area contributed by atoms with Crippen LogP contribution in [0.3, 0.4) is 0 Å². The summed E-state index contributed by atoms with van der Waals surface area (Å²) >= 11 is 0. The summed E-state index contributed by atoms with van der Waals surface area (Å²) in [5, 5.41) is 2.45. The van der Waals surface area contributed by atoms with Crippen LogP contribution in [-0.2, 0) is 21.4 Å². The molecular formula is C17H17N3O4S. The molecule has 2 N–H and O–H groups in total. The maximum absolute atomic E-state index is 12.3. The molecule has 3 amide bonds. The number of nitrogens with one attached hydrogen (secondary N) is 2. The van der Waals surface area contributed by atoms with E-state index in [1.54, 1.807) is 48.5 Å². The molecule has 25 heavy (non-hydrogen) atoms. The summed E-state index contributed by atoms with van der Waals surface area (Å²) in [4.78, 5) is 24.4. The van der Waals surface area contributed by atoms with Gasteiger partial charge in [-0.05, 0) is 36.8 Å². The summed E-state index contributed by atoms with van der Waals surface area (Å²) in [7, 11) is -3.66. The molecule has 0 aliphatic carbocycles. The first-order valence-electron chi connectivity index (χ1n) is 7.62. The summed E-state index contributed by atoms with van der Waals surface area (Å²) in [6.45, 7) is 2.04. The van der Waals surface area contributed by atoms with E-state index >= 15 is 0 Å². The number of carbonyl (C=O) groups excluding carboxylic acids is 2. The number of anilines is 1. The van der Waals surface area contributed by atoms with Gasteiger partial charge in [0.25, 0.3) is 10.0 Å². The molecule has 0 aromatic heterocycles. The topological polar surface area (TPSA) is 95.6 Å². The molecule has 3 rings (SSSR count). The number of rotatable bonds is 5. The second-order valence-corrected chi connectivity index (χ2v) is 7.44. The Labute approximate surface area is 145 Å². The highest BCUT2D eigenvalue weighted by Crippen LogP contribution is 2.18. The molecule has 0 spiro atoms. The standard InChI is InChI=1S/C17H17N3O4S/c1-12-2-8-15(9-3-12)25(23,24)19-14-6-4-13(5-7-14)11-20-16(21)10-18-17(20)22/h2-9,19H,10-11H2,1H3,(H,18,22). The lowest BCUT2D eigenvalue weighted by atomic mass is 10.2. The molecule has 2 aromatic carbocycles. The van der Waals surface area contributed by atoms with Crippen molar-refractivity contribution >= 4 is 27.6 Å². The molecule has 1 fully saturated rings. The third-order valence-electron chi connectivity index (χ3n) is 3.82. The van der Waals surface area contributed by atoms with Gasteiger partial charge in [-0.15, -0.1) is 0 Å². The van der Waals surface area contributed by atoms with Gasteiger partial charge in [0.1, 0.15) is 0 Å². The van der Waals surface area contributed by atoms with E-state index in [2.05, 4.69) is 10.0 Å². The van der Waals surface area contributed by atoms with Crippen LogP contribution in [0.25, 0.3) is 0 Å². The van der Waals surface area contributed by atoms with Gasteiger partial charge in [-0.2, -0.15) is 0 Å². The highest BCUT2D eigenvalue weighted by atomic mass is 32.2. The van der Waals surface area contributed by atoms with Gasteiger partial charge in [0.2, 0.25) is 5.91 Å². The molecule has 1 heterocycles. The van der Waals surface area contributed by atoms with Crippen LogP contribution in [0, 0.1) is 6.92 Å². The molecule has 8 heteroatoms. The number of benzene rings is 2. The Morgan fingerprint density at radius 1 is 1.04 bits per heavy atom. The Hall–Kier alpha value is -2.87. The molecule has 0 atom stereocenters. The first-order valence-corrected chi connectivity index (χ1v) is 9.10. The minimum absolute atomic E-state index is 0.00721. The first-order chi connectivity index (χ1) is 11.8.